The molecule has 0 unspecified atom stereocenters. The minimum Gasteiger partial charge on any atom is -0.472 e. The lowest BCUT2D eigenvalue weighted by molar-refractivity contribution is 0.123. The summed E-state index contributed by atoms with van der Waals surface area (Å²) in [6.45, 7) is 7.79. The number of aromatic nitrogens is 2. The lowest BCUT2D eigenvalue weighted by atomic mass is 10.2. The van der Waals surface area contributed by atoms with Crippen LogP contribution < -0.4 is 4.74 Å². The fourth-order valence-corrected chi connectivity index (χ4v) is 1.32. The Kier molecular flexibility index (Phi) is 2.91. The van der Waals surface area contributed by atoms with Crippen molar-refractivity contribution >= 4 is 15.9 Å². The van der Waals surface area contributed by atoms with Gasteiger partial charge in [0.05, 0.1) is 0 Å². The highest BCUT2D eigenvalue weighted by Crippen LogP contribution is 2.18. The van der Waals surface area contributed by atoms with Gasteiger partial charge in [-0.15, -0.1) is 0 Å². The molecular formula is C9H13BrN2O. The highest BCUT2D eigenvalue weighted by molar-refractivity contribution is 9.10. The number of rotatable bonds is 1. The van der Waals surface area contributed by atoms with E-state index in [-0.39, 0.29) is 5.60 Å². The smallest absolute Gasteiger partial charge is 0.218 e. The van der Waals surface area contributed by atoms with E-state index in [1.807, 2.05) is 27.7 Å². The number of hydrogen-bond donors (Lipinski definition) is 0. The van der Waals surface area contributed by atoms with Gasteiger partial charge in [0.25, 0.3) is 0 Å². The Morgan fingerprint density at radius 1 is 1.31 bits per heavy atom. The lowest BCUT2D eigenvalue weighted by Gasteiger charge is -2.20. The third-order valence-corrected chi connectivity index (χ3v) is 1.60. The van der Waals surface area contributed by atoms with Gasteiger partial charge in [0.1, 0.15) is 16.0 Å². The zero-order valence-electron chi connectivity index (χ0n) is 8.26. The second-order valence-electron chi connectivity index (χ2n) is 3.79. The first-order valence-corrected chi connectivity index (χ1v) is 4.86. The van der Waals surface area contributed by atoms with Crippen LogP contribution in [0.1, 0.15) is 26.6 Å². The van der Waals surface area contributed by atoms with Gasteiger partial charge in [-0.05, 0) is 43.6 Å². The molecule has 0 bridgehead atoms. The van der Waals surface area contributed by atoms with E-state index in [0.29, 0.717) is 11.7 Å². The van der Waals surface area contributed by atoms with Crippen molar-refractivity contribution in [1.29, 1.82) is 0 Å². The summed E-state index contributed by atoms with van der Waals surface area (Å²) in [5.74, 6) is 1.31. The Morgan fingerprint density at radius 3 is 2.38 bits per heavy atom. The topological polar surface area (TPSA) is 35.0 Å². The van der Waals surface area contributed by atoms with E-state index < -0.39 is 0 Å². The van der Waals surface area contributed by atoms with E-state index in [2.05, 4.69) is 25.9 Å². The fraction of sp³-hybridized carbons (Fsp3) is 0.556. The highest BCUT2D eigenvalue weighted by atomic mass is 79.9. The molecule has 1 heterocycles. The third kappa shape index (κ3) is 3.72. The molecule has 0 spiro atoms. The molecule has 72 valence electrons. The van der Waals surface area contributed by atoms with Crippen molar-refractivity contribution in [3.8, 4) is 5.88 Å². The molecular weight excluding hydrogens is 232 g/mol. The van der Waals surface area contributed by atoms with Gasteiger partial charge in [-0.1, -0.05) is 0 Å². The molecule has 1 aromatic heterocycles. The number of halogens is 1. The van der Waals surface area contributed by atoms with E-state index in [0.717, 1.165) is 4.60 Å². The van der Waals surface area contributed by atoms with Crippen LogP contribution in [-0.4, -0.2) is 15.6 Å². The fourth-order valence-electron chi connectivity index (χ4n) is 0.871. The van der Waals surface area contributed by atoms with Crippen molar-refractivity contribution in [2.24, 2.45) is 0 Å². The molecule has 0 saturated carbocycles. The second-order valence-corrected chi connectivity index (χ2v) is 4.60. The van der Waals surface area contributed by atoms with Crippen molar-refractivity contribution in [2.45, 2.75) is 33.3 Å². The molecule has 0 aromatic carbocycles. The Hall–Kier alpha value is -0.640. The standard InChI is InChI=1S/C9H13BrN2O/c1-6-11-7(10)5-8(12-6)13-9(2,3)4/h5H,1-4H3. The minimum atomic E-state index is -0.222. The molecule has 0 amide bonds. The quantitative estimate of drug-likeness (QED) is 0.713. The molecule has 0 aliphatic heterocycles. The predicted molar refractivity (Wildman–Crippen MR) is 54.9 cm³/mol. The maximum atomic E-state index is 5.58. The maximum Gasteiger partial charge on any atom is 0.218 e. The summed E-state index contributed by atoms with van der Waals surface area (Å²) in [5.41, 5.74) is -0.222. The van der Waals surface area contributed by atoms with Crippen LogP contribution in [0.25, 0.3) is 0 Å². The van der Waals surface area contributed by atoms with Gasteiger partial charge in [0.15, 0.2) is 0 Å². The van der Waals surface area contributed by atoms with Crippen molar-refractivity contribution in [3.63, 3.8) is 0 Å². The molecule has 1 rings (SSSR count). The Balaban J connectivity index is 2.90. The van der Waals surface area contributed by atoms with Crippen LogP contribution in [0.3, 0.4) is 0 Å². The molecule has 0 atom stereocenters. The molecule has 0 aliphatic carbocycles. The summed E-state index contributed by atoms with van der Waals surface area (Å²) < 4.78 is 6.33. The number of hydrogen-bond acceptors (Lipinski definition) is 3. The van der Waals surface area contributed by atoms with Gasteiger partial charge in [0.2, 0.25) is 5.88 Å². The average Bonchev–Trinajstić information content (AvgIpc) is 1.78. The third-order valence-electron chi connectivity index (χ3n) is 1.19. The van der Waals surface area contributed by atoms with Crippen molar-refractivity contribution in [2.75, 3.05) is 0 Å². The summed E-state index contributed by atoms with van der Waals surface area (Å²) in [6.07, 6.45) is 0. The Morgan fingerprint density at radius 2 is 1.92 bits per heavy atom. The van der Waals surface area contributed by atoms with Crippen LogP contribution in [-0.2, 0) is 0 Å². The molecule has 4 heteroatoms. The van der Waals surface area contributed by atoms with E-state index >= 15 is 0 Å². The summed E-state index contributed by atoms with van der Waals surface area (Å²) in [7, 11) is 0. The molecule has 0 saturated heterocycles. The van der Waals surface area contributed by atoms with Crippen molar-refractivity contribution < 1.29 is 4.74 Å². The van der Waals surface area contributed by atoms with Crippen LogP contribution >= 0.6 is 15.9 Å². The number of ether oxygens (including phenoxy) is 1. The molecule has 0 N–H and O–H groups in total. The van der Waals surface area contributed by atoms with E-state index in [4.69, 9.17) is 4.74 Å². The molecule has 0 radical (unpaired) electrons. The van der Waals surface area contributed by atoms with Gasteiger partial charge in [-0.2, -0.15) is 4.98 Å². The highest BCUT2D eigenvalue weighted by Gasteiger charge is 2.13. The van der Waals surface area contributed by atoms with E-state index in [1.54, 1.807) is 6.07 Å². The molecule has 1 aromatic rings. The monoisotopic (exact) mass is 244 g/mol. The van der Waals surface area contributed by atoms with Crippen LogP contribution in [0.5, 0.6) is 5.88 Å². The average molecular weight is 245 g/mol. The van der Waals surface area contributed by atoms with Crippen LogP contribution in [0.4, 0.5) is 0 Å². The molecule has 13 heavy (non-hydrogen) atoms. The van der Waals surface area contributed by atoms with Crippen LogP contribution in [0, 0.1) is 6.92 Å². The Labute approximate surface area is 86.7 Å². The van der Waals surface area contributed by atoms with Gasteiger partial charge in [0, 0.05) is 6.07 Å². The van der Waals surface area contributed by atoms with Gasteiger partial charge in [-0.25, -0.2) is 4.98 Å². The first-order chi connectivity index (χ1) is 5.87. The van der Waals surface area contributed by atoms with Crippen molar-refractivity contribution in [3.05, 3.63) is 16.5 Å². The lowest BCUT2D eigenvalue weighted by Crippen LogP contribution is -2.23. The minimum absolute atomic E-state index is 0.222. The van der Waals surface area contributed by atoms with E-state index in [1.165, 1.54) is 0 Å². The van der Waals surface area contributed by atoms with Crippen LogP contribution in [0.15, 0.2) is 10.7 Å². The summed E-state index contributed by atoms with van der Waals surface area (Å²) in [6, 6.07) is 1.76. The van der Waals surface area contributed by atoms with Gasteiger partial charge < -0.3 is 4.74 Å². The van der Waals surface area contributed by atoms with Gasteiger partial charge in [-0.3, -0.25) is 0 Å². The summed E-state index contributed by atoms with van der Waals surface area (Å²) >= 11 is 3.29. The SMILES string of the molecule is Cc1nc(Br)cc(OC(C)(C)C)n1. The normalized spacial score (nSPS) is 11.5. The zero-order chi connectivity index (χ0) is 10.1. The first kappa shape index (κ1) is 10.4. The molecule has 3 nitrogen and oxygen atoms in total. The molecule has 0 aliphatic rings. The Bertz CT molecular complexity index is 287. The summed E-state index contributed by atoms with van der Waals surface area (Å²) in [5, 5.41) is 0. The zero-order valence-corrected chi connectivity index (χ0v) is 9.84. The van der Waals surface area contributed by atoms with Crippen LogP contribution in [0.2, 0.25) is 0 Å². The van der Waals surface area contributed by atoms with Gasteiger partial charge >= 0.3 is 0 Å². The molecule has 0 fully saturated rings. The first-order valence-electron chi connectivity index (χ1n) is 4.07. The summed E-state index contributed by atoms with van der Waals surface area (Å²) in [4.78, 5) is 8.25. The second kappa shape index (κ2) is 3.62. The number of nitrogens with zero attached hydrogens (tertiary/aromatic N) is 2. The number of aryl methyl sites for hydroxylation is 1. The largest absolute Gasteiger partial charge is 0.472 e. The van der Waals surface area contributed by atoms with Crippen molar-refractivity contribution in [1.82, 2.24) is 9.97 Å². The maximum absolute atomic E-state index is 5.58. The van der Waals surface area contributed by atoms with E-state index in [9.17, 15) is 0 Å². The predicted octanol–water partition coefficient (Wildman–Crippen LogP) is 2.72.